The van der Waals surface area contributed by atoms with E-state index in [2.05, 4.69) is 0 Å². The molecule has 0 aromatic heterocycles. The predicted octanol–water partition coefficient (Wildman–Crippen LogP) is 0.0211. The molecule has 0 aromatic carbocycles. The van der Waals surface area contributed by atoms with E-state index in [-0.39, 0.29) is 0 Å². The number of carbonyl (C=O) groups is 5. The average molecular weight is 404 g/mol. The van der Waals surface area contributed by atoms with Crippen molar-refractivity contribution in [1.29, 1.82) is 0 Å². The molecule has 0 radical (unpaired) electrons. The van der Waals surface area contributed by atoms with Crippen LogP contribution >= 0.6 is 0 Å². The molecule has 158 valence electrons. The van der Waals surface area contributed by atoms with Gasteiger partial charge in [-0.15, -0.1) is 0 Å². The topological polar surface area (TPSA) is 141 Å². The van der Waals surface area contributed by atoms with E-state index in [0.717, 1.165) is 34.6 Å². The minimum absolute atomic E-state index is 0.646. The summed E-state index contributed by atoms with van der Waals surface area (Å²) in [6, 6.07) is 0. The second-order valence-electron chi connectivity index (χ2n) is 6.12. The summed E-state index contributed by atoms with van der Waals surface area (Å²) in [6.45, 7) is 6.99. The van der Waals surface area contributed by atoms with Crippen LogP contribution in [0.5, 0.6) is 0 Å². The van der Waals surface area contributed by atoms with Gasteiger partial charge < -0.3 is 28.4 Å². The van der Waals surface area contributed by atoms with Crippen LogP contribution in [0.2, 0.25) is 0 Å². The fourth-order valence-corrected chi connectivity index (χ4v) is 2.77. The Bertz CT molecular complexity index is 629. The lowest BCUT2D eigenvalue weighted by Gasteiger charge is -2.45. The summed E-state index contributed by atoms with van der Waals surface area (Å²) in [6.07, 6.45) is -7.79. The highest BCUT2D eigenvalue weighted by Gasteiger charge is 2.55. The van der Waals surface area contributed by atoms with E-state index in [1.807, 2.05) is 0 Å². The van der Waals surface area contributed by atoms with Gasteiger partial charge in [-0.05, 0) is 6.92 Å². The summed E-state index contributed by atoms with van der Waals surface area (Å²) < 4.78 is 31.3. The molecule has 0 spiro atoms. The fourth-order valence-electron chi connectivity index (χ4n) is 2.77. The molecule has 1 aliphatic rings. The van der Waals surface area contributed by atoms with Gasteiger partial charge in [0.05, 0.1) is 0 Å². The smallest absolute Gasteiger partial charge is 0.305 e. The molecule has 1 saturated heterocycles. The van der Waals surface area contributed by atoms with E-state index in [4.69, 9.17) is 28.4 Å². The van der Waals surface area contributed by atoms with Crippen LogP contribution in [0.3, 0.4) is 0 Å². The molecule has 11 nitrogen and oxygen atoms in total. The first-order valence-electron chi connectivity index (χ1n) is 8.44. The van der Waals surface area contributed by atoms with Gasteiger partial charge in [-0.2, -0.15) is 0 Å². The Labute approximate surface area is 161 Å². The van der Waals surface area contributed by atoms with Crippen LogP contribution in [0.4, 0.5) is 0 Å². The number of ether oxygens (including phenoxy) is 6. The summed E-state index contributed by atoms with van der Waals surface area (Å²) >= 11 is 0. The van der Waals surface area contributed by atoms with Crippen LogP contribution in [-0.4, -0.2) is 66.7 Å². The van der Waals surface area contributed by atoms with Crippen molar-refractivity contribution in [3.63, 3.8) is 0 Å². The van der Waals surface area contributed by atoms with Gasteiger partial charge >= 0.3 is 29.8 Å². The van der Waals surface area contributed by atoms with Crippen LogP contribution in [0, 0.1) is 0 Å². The zero-order valence-corrected chi connectivity index (χ0v) is 16.5. The second kappa shape index (κ2) is 10.0. The molecule has 0 aromatic rings. The summed E-state index contributed by atoms with van der Waals surface area (Å²) in [4.78, 5) is 57.5. The standard InChI is InChI=1S/C17H24O11/c1-7(23-8(2)18)13-14(24-9(3)19)15(25-10(4)20)16(26-11(5)21)17(28-13)27-12(6)22/h7,13-17H,1-6H3/t7-,13+,14+,15-,16+,17+/m0/s1. The first-order valence-corrected chi connectivity index (χ1v) is 8.44. The molecule has 0 N–H and O–H groups in total. The SMILES string of the molecule is CC(=O)O[C@@H]1O[C@H]([C@H](C)OC(C)=O)[C@@H](OC(C)=O)[C@H](OC(C)=O)[C@H]1OC(C)=O. The van der Waals surface area contributed by atoms with Gasteiger partial charge in [0.25, 0.3) is 0 Å². The Morgan fingerprint density at radius 3 is 1.50 bits per heavy atom. The van der Waals surface area contributed by atoms with Crippen molar-refractivity contribution >= 4 is 29.8 Å². The monoisotopic (exact) mass is 404 g/mol. The molecule has 0 bridgehead atoms. The van der Waals surface area contributed by atoms with Gasteiger partial charge in [0.2, 0.25) is 12.4 Å². The van der Waals surface area contributed by atoms with Crippen molar-refractivity contribution in [3.05, 3.63) is 0 Å². The third kappa shape index (κ3) is 6.80. The van der Waals surface area contributed by atoms with Crippen LogP contribution in [-0.2, 0) is 52.4 Å². The number of carbonyl (C=O) groups excluding carboxylic acids is 5. The lowest BCUT2D eigenvalue weighted by atomic mass is 9.95. The summed E-state index contributed by atoms with van der Waals surface area (Å²) in [5.41, 5.74) is 0. The molecule has 1 heterocycles. The summed E-state index contributed by atoms with van der Waals surface area (Å²) in [7, 11) is 0. The molecule has 0 saturated carbocycles. The molecule has 0 amide bonds. The molecule has 0 aliphatic carbocycles. The summed E-state index contributed by atoms with van der Waals surface area (Å²) in [5.74, 6) is -3.72. The lowest BCUT2D eigenvalue weighted by molar-refractivity contribution is -0.307. The Morgan fingerprint density at radius 1 is 0.643 bits per heavy atom. The van der Waals surface area contributed by atoms with Gasteiger partial charge in [-0.25, -0.2) is 0 Å². The van der Waals surface area contributed by atoms with E-state index >= 15 is 0 Å². The number of esters is 5. The largest absolute Gasteiger partial charge is 0.460 e. The van der Waals surface area contributed by atoms with E-state index in [9.17, 15) is 24.0 Å². The van der Waals surface area contributed by atoms with Crippen molar-refractivity contribution in [2.75, 3.05) is 0 Å². The van der Waals surface area contributed by atoms with Crippen molar-refractivity contribution < 1.29 is 52.4 Å². The molecule has 1 fully saturated rings. The van der Waals surface area contributed by atoms with Crippen LogP contribution < -0.4 is 0 Å². The van der Waals surface area contributed by atoms with E-state index in [1.165, 1.54) is 6.92 Å². The van der Waals surface area contributed by atoms with Crippen molar-refractivity contribution in [2.24, 2.45) is 0 Å². The van der Waals surface area contributed by atoms with Gasteiger partial charge in [0.15, 0.2) is 12.2 Å². The second-order valence-corrected chi connectivity index (χ2v) is 6.12. The minimum Gasteiger partial charge on any atom is -0.460 e. The molecular formula is C17H24O11. The zero-order chi connectivity index (χ0) is 21.6. The highest BCUT2D eigenvalue weighted by Crippen LogP contribution is 2.31. The maximum Gasteiger partial charge on any atom is 0.305 e. The Hall–Kier alpha value is -2.69. The average Bonchev–Trinajstić information content (AvgIpc) is 2.50. The van der Waals surface area contributed by atoms with Gasteiger partial charge in [-0.3, -0.25) is 24.0 Å². The number of hydrogen-bond acceptors (Lipinski definition) is 11. The summed E-state index contributed by atoms with van der Waals surface area (Å²) in [5, 5.41) is 0. The Kier molecular flexibility index (Phi) is 8.35. The first-order chi connectivity index (χ1) is 12.9. The Morgan fingerprint density at radius 2 is 1.07 bits per heavy atom. The Balaban J connectivity index is 3.39. The molecule has 28 heavy (non-hydrogen) atoms. The van der Waals surface area contributed by atoms with Crippen LogP contribution in [0.15, 0.2) is 0 Å². The highest BCUT2D eigenvalue weighted by molar-refractivity contribution is 5.69. The lowest BCUT2D eigenvalue weighted by Crippen LogP contribution is -2.64. The minimum atomic E-state index is -1.50. The van der Waals surface area contributed by atoms with Crippen molar-refractivity contribution in [2.45, 2.75) is 78.4 Å². The maximum atomic E-state index is 11.6. The van der Waals surface area contributed by atoms with Crippen molar-refractivity contribution in [3.8, 4) is 0 Å². The molecule has 0 unspecified atom stereocenters. The molecule has 11 heteroatoms. The maximum absolute atomic E-state index is 11.6. The van der Waals surface area contributed by atoms with E-state index in [0.29, 0.717) is 0 Å². The highest BCUT2D eigenvalue weighted by atomic mass is 16.7. The van der Waals surface area contributed by atoms with Crippen LogP contribution in [0.25, 0.3) is 0 Å². The number of rotatable bonds is 6. The van der Waals surface area contributed by atoms with Gasteiger partial charge in [-0.1, -0.05) is 0 Å². The third-order valence-corrected chi connectivity index (χ3v) is 3.53. The van der Waals surface area contributed by atoms with E-state index in [1.54, 1.807) is 0 Å². The third-order valence-electron chi connectivity index (χ3n) is 3.53. The van der Waals surface area contributed by atoms with Crippen LogP contribution in [0.1, 0.15) is 41.5 Å². The predicted molar refractivity (Wildman–Crippen MR) is 88.3 cm³/mol. The molecular weight excluding hydrogens is 380 g/mol. The van der Waals surface area contributed by atoms with Gasteiger partial charge in [0, 0.05) is 34.6 Å². The zero-order valence-electron chi connectivity index (χ0n) is 16.5. The normalized spacial score (nSPS) is 27.7. The van der Waals surface area contributed by atoms with Crippen molar-refractivity contribution in [1.82, 2.24) is 0 Å². The quantitative estimate of drug-likeness (QED) is 0.437. The first kappa shape index (κ1) is 23.3. The molecule has 1 aliphatic heterocycles. The molecule has 1 rings (SSSR count). The molecule has 6 atom stereocenters. The van der Waals surface area contributed by atoms with E-state index < -0.39 is 66.7 Å². The van der Waals surface area contributed by atoms with Gasteiger partial charge in [0.1, 0.15) is 12.2 Å². The number of hydrogen-bond donors (Lipinski definition) is 0. The fraction of sp³-hybridized carbons (Fsp3) is 0.706.